The van der Waals surface area contributed by atoms with E-state index in [1.165, 1.54) is 18.2 Å². The van der Waals surface area contributed by atoms with Crippen molar-refractivity contribution in [3.63, 3.8) is 0 Å². The fourth-order valence-electron chi connectivity index (χ4n) is 3.75. The Morgan fingerprint density at radius 2 is 1.59 bits per heavy atom. The van der Waals surface area contributed by atoms with E-state index in [0.29, 0.717) is 42.9 Å². The summed E-state index contributed by atoms with van der Waals surface area (Å²) in [7, 11) is -5.13. The number of para-hydroxylation sites is 1. The number of alkyl halides is 1. The number of anilines is 1. The average molecular weight is 655 g/mol. The van der Waals surface area contributed by atoms with Gasteiger partial charge in [0.25, 0.3) is 11.4 Å². The lowest BCUT2D eigenvalue weighted by atomic mass is 9.83. The van der Waals surface area contributed by atoms with Crippen molar-refractivity contribution in [1.82, 2.24) is 5.06 Å². The average Bonchev–Trinajstić information content (AvgIpc) is 2.99. The lowest BCUT2D eigenvalue weighted by Crippen LogP contribution is -2.51. The first-order valence-corrected chi connectivity index (χ1v) is 16.7. The summed E-state index contributed by atoms with van der Waals surface area (Å²) in [5.74, 6) is -1.69. The highest BCUT2D eigenvalue weighted by atomic mass is 35.5. The van der Waals surface area contributed by atoms with Crippen LogP contribution < -0.4 is 10.1 Å². The predicted molar refractivity (Wildman–Crippen MR) is 169 cm³/mol. The molecule has 2 atom stereocenters. The van der Waals surface area contributed by atoms with Crippen LogP contribution in [0.25, 0.3) is 0 Å². The van der Waals surface area contributed by atoms with Crippen LogP contribution in [0.5, 0.6) is 11.5 Å². The Bertz CT molecular complexity index is 1320. The highest BCUT2D eigenvalue weighted by molar-refractivity contribution is 7.53. The number of hydroxylamine groups is 2. The molecule has 0 aliphatic rings. The molecule has 0 aliphatic heterocycles. The van der Waals surface area contributed by atoms with Crippen molar-refractivity contribution in [3.05, 3.63) is 54.1 Å². The van der Waals surface area contributed by atoms with E-state index in [1.807, 2.05) is 20.8 Å². The number of ether oxygens (including phenoxy) is 2. The Balaban J connectivity index is 2.59. The van der Waals surface area contributed by atoms with Crippen LogP contribution in [0.2, 0.25) is 0 Å². The van der Waals surface area contributed by atoms with Gasteiger partial charge in [-0.25, -0.2) is 0 Å². The van der Waals surface area contributed by atoms with E-state index in [1.54, 1.807) is 44.2 Å². The highest BCUT2D eigenvalue weighted by Crippen LogP contribution is 2.53. The molecule has 13 heteroatoms. The van der Waals surface area contributed by atoms with Crippen LogP contribution in [0.1, 0.15) is 84.0 Å². The molecule has 0 bridgehead atoms. The van der Waals surface area contributed by atoms with Gasteiger partial charge in [0.15, 0.2) is 16.9 Å². The number of nitrogens with one attached hydrogen (secondary N) is 1. The van der Waals surface area contributed by atoms with Crippen molar-refractivity contribution < 1.29 is 43.0 Å². The molecule has 2 unspecified atom stereocenters. The third-order valence-electron chi connectivity index (χ3n) is 7.16. The molecule has 0 saturated carbocycles. The lowest BCUT2D eigenvalue weighted by molar-refractivity contribution is -0.240. The molecule has 0 saturated heterocycles. The molecule has 0 spiro atoms. The van der Waals surface area contributed by atoms with Gasteiger partial charge in [-0.15, -0.1) is 11.6 Å². The maximum atomic E-state index is 13.9. The van der Waals surface area contributed by atoms with Gasteiger partial charge in [-0.2, -0.15) is 5.06 Å². The first-order chi connectivity index (χ1) is 20.6. The van der Waals surface area contributed by atoms with Crippen LogP contribution in [0, 0.1) is 5.41 Å². The molecular formula is C31H44ClN2O9P. The number of ketones is 1. The van der Waals surface area contributed by atoms with E-state index < -0.39 is 41.5 Å². The van der Waals surface area contributed by atoms with Crippen LogP contribution in [-0.4, -0.2) is 56.5 Å². The zero-order chi connectivity index (χ0) is 33.1. The van der Waals surface area contributed by atoms with Gasteiger partial charge in [-0.1, -0.05) is 65.7 Å². The lowest BCUT2D eigenvalue weighted by Gasteiger charge is -2.39. The number of hydrogen-bond acceptors (Lipinski definition) is 7. The quantitative estimate of drug-likeness (QED) is 0.0390. The number of Topliss-reactive ketones (excluding diaryl/α,β-unsaturated/α-hetero) is 1. The topological polar surface area (TPSA) is 152 Å². The Morgan fingerprint density at radius 1 is 0.977 bits per heavy atom. The van der Waals surface area contributed by atoms with Crippen molar-refractivity contribution in [2.45, 2.75) is 84.5 Å². The molecule has 2 amide bonds. The Kier molecular flexibility index (Phi) is 14.0. The summed E-state index contributed by atoms with van der Waals surface area (Å²) >= 11 is 6.30. The van der Waals surface area contributed by atoms with E-state index in [9.17, 15) is 28.7 Å². The maximum absolute atomic E-state index is 13.9. The zero-order valence-electron chi connectivity index (χ0n) is 26.2. The van der Waals surface area contributed by atoms with Crippen LogP contribution in [0.15, 0.2) is 48.5 Å². The Morgan fingerprint density at radius 3 is 2.16 bits per heavy atom. The van der Waals surface area contributed by atoms with Crippen LogP contribution >= 0.6 is 19.2 Å². The van der Waals surface area contributed by atoms with Gasteiger partial charge in [0, 0.05) is 11.0 Å². The van der Waals surface area contributed by atoms with Crippen molar-refractivity contribution in [3.8, 4) is 11.5 Å². The molecule has 11 nitrogen and oxygen atoms in total. The summed E-state index contributed by atoms with van der Waals surface area (Å²) < 4.78 is 24.3. The fourth-order valence-corrected chi connectivity index (χ4v) is 4.75. The van der Waals surface area contributed by atoms with E-state index in [-0.39, 0.29) is 30.2 Å². The van der Waals surface area contributed by atoms with E-state index in [0.717, 1.165) is 6.92 Å². The second-order valence-electron chi connectivity index (χ2n) is 11.0. The number of halogens is 1. The van der Waals surface area contributed by atoms with Crippen LogP contribution in [-0.2, 0) is 23.7 Å². The minimum Gasteiger partial charge on any atom is -0.455 e. The first-order valence-electron chi connectivity index (χ1n) is 14.7. The van der Waals surface area contributed by atoms with Gasteiger partial charge in [0.1, 0.15) is 5.75 Å². The van der Waals surface area contributed by atoms with Gasteiger partial charge in [-0.05, 0) is 56.5 Å². The number of nitrogens with zero attached hydrogens (tertiary/aromatic N) is 1. The number of benzene rings is 2. The van der Waals surface area contributed by atoms with Crippen molar-refractivity contribution in [2.75, 3.05) is 18.5 Å². The molecule has 2 rings (SSSR count). The summed E-state index contributed by atoms with van der Waals surface area (Å²) in [6.45, 7) is 10.0. The third kappa shape index (κ3) is 9.60. The molecule has 2 aromatic rings. The molecule has 244 valence electrons. The van der Waals surface area contributed by atoms with Crippen molar-refractivity contribution in [2.24, 2.45) is 5.41 Å². The molecule has 44 heavy (non-hydrogen) atoms. The van der Waals surface area contributed by atoms with Crippen LogP contribution in [0.3, 0.4) is 0 Å². The second kappa shape index (κ2) is 16.5. The normalized spacial score (nSPS) is 13.9. The summed E-state index contributed by atoms with van der Waals surface area (Å²) in [6.07, 6.45) is 2.83. The SMILES string of the molecule is CCCCON(C(=O)c1ccc(Oc2ccccc2)c(NC(=O)C(Cl)C(=O)C(C)(C)CC)c1)C(C)(OCCCC)P(=O)(O)O. The Hall–Kier alpha value is -2.79. The minimum atomic E-state index is -5.13. The van der Waals surface area contributed by atoms with Crippen molar-refractivity contribution >= 4 is 42.5 Å². The molecule has 0 aromatic heterocycles. The van der Waals surface area contributed by atoms with E-state index in [2.05, 4.69) is 5.32 Å². The van der Waals surface area contributed by atoms with E-state index in [4.69, 9.17) is 25.9 Å². The van der Waals surface area contributed by atoms with Gasteiger partial charge >= 0.3 is 7.60 Å². The molecule has 2 aromatic carbocycles. The monoisotopic (exact) mass is 654 g/mol. The molecule has 0 aliphatic carbocycles. The number of carbonyl (C=O) groups excluding carboxylic acids is 3. The zero-order valence-corrected chi connectivity index (χ0v) is 27.8. The van der Waals surface area contributed by atoms with Gasteiger partial charge in [-0.3, -0.25) is 23.8 Å². The number of rotatable bonds is 18. The van der Waals surface area contributed by atoms with E-state index >= 15 is 0 Å². The summed E-state index contributed by atoms with van der Waals surface area (Å²) in [4.78, 5) is 66.4. The van der Waals surface area contributed by atoms with Gasteiger partial charge in [0.05, 0.1) is 18.9 Å². The number of amides is 2. The minimum absolute atomic E-state index is 0.00394. The molecular weight excluding hydrogens is 611 g/mol. The number of carbonyl (C=O) groups is 3. The maximum Gasteiger partial charge on any atom is 0.379 e. The van der Waals surface area contributed by atoms with Gasteiger partial charge < -0.3 is 24.6 Å². The molecule has 0 heterocycles. The standard InChI is InChI=1S/C31H44ClN2O9P/c1-7-10-19-41-31(6,44(38,39)40)34(42-20-11-8-2)29(37)22-17-18-25(43-23-15-13-12-14-16-23)24(21-22)33-28(36)26(32)27(35)30(4,5)9-3/h12-18,21,26H,7-11,19-20H2,1-6H3,(H,33,36)(H2,38,39,40). The third-order valence-corrected chi connectivity index (χ3v) is 8.95. The second-order valence-corrected chi connectivity index (χ2v) is 13.4. The molecule has 0 radical (unpaired) electrons. The Labute approximate surface area is 264 Å². The number of unbranched alkanes of at least 4 members (excludes halogenated alkanes) is 2. The highest BCUT2D eigenvalue weighted by Gasteiger charge is 2.53. The predicted octanol–water partition coefficient (Wildman–Crippen LogP) is 6.87. The molecule has 0 fully saturated rings. The summed E-state index contributed by atoms with van der Waals surface area (Å²) in [5, 5.41) is 1.62. The largest absolute Gasteiger partial charge is 0.455 e. The first kappa shape index (κ1) is 37.4. The smallest absolute Gasteiger partial charge is 0.379 e. The van der Waals surface area contributed by atoms with Gasteiger partial charge in [0.2, 0.25) is 5.91 Å². The van der Waals surface area contributed by atoms with Crippen molar-refractivity contribution in [1.29, 1.82) is 0 Å². The number of hydrogen-bond donors (Lipinski definition) is 3. The molecule has 3 N–H and O–H groups in total. The summed E-state index contributed by atoms with van der Waals surface area (Å²) in [6, 6.07) is 12.7. The fraction of sp³-hybridized carbons (Fsp3) is 0.516. The summed E-state index contributed by atoms with van der Waals surface area (Å²) in [5.41, 5.74) is -3.42. The van der Waals surface area contributed by atoms with Crippen LogP contribution in [0.4, 0.5) is 5.69 Å².